The van der Waals surface area contributed by atoms with Gasteiger partial charge in [-0.25, -0.2) is 0 Å². The van der Waals surface area contributed by atoms with Crippen molar-refractivity contribution >= 4 is 19.2 Å². The number of aliphatic hydroxyl groups is 20. The molecule has 0 saturated carbocycles. The number of hydrogen-bond acceptors (Lipinski definition) is 39. The first-order valence-corrected chi connectivity index (χ1v) is 27.2. The van der Waals surface area contributed by atoms with Crippen LogP contribution in [0.15, 0.2) is 25.4 Å². The van der Waals surface area contributed by atoms with Crippen molar-refractivity contribution < 1.29 is 183 Å². The summed E-state index contributed by atoms with van der Waals surface area (Å²) in [6.45, 7) is 2.07. The molecule has 0 radical (unpaired) electrons. The van der Waals surface area contributed by atoms with Crippen LogP contribution in [-0.4, -0.2) is 372 Å². The molecule has 0 amide bonds. The fourth-order valence-corrected chi connectivity index (χ4v) is 9.17. The maximum Gasteiger partial charge on any atom is 0.295 e. The highest BCUT2D eigenvalue weighted by Crippen LogP contribution is 2.35. The van der Waals surface area contributed by atoms with E-state index in [0.717, 1.165) is 0 Å². The van der Waals surface area contributed by atoms with Gasteiger partial charge in [0.25, 0.3) is 12.9 Å². The first-order valence-electron chi connectivity index (χ1n) is 27.2. The van der Waals surface area contributed by atoms with Gasteiger partial charge in [-0.05, 0) is 6.20 Å². The summed E-state index contributed by atoms with van der Waals surface area (Å²) in [5, 5.41) is 206. The quantitative estimate of drug-likeness (QED) is 0.0244. The van der Waals surface area contributed by atoms with E-state index in [4.69, 9.17) is 67.3 Å². The predicted octanol–water partition coefficient (Wildman–Crippen LogP) is -13.9. The fraction of sp³-hybridized carbons (Fsp3) is 0.860. The van der Waals surface area contributed by atoms with Gasteiger partial charge in [-0.1, -0.05) is 20.1 Å². The summed E-state index contributed by atoms with van der Waals surface area (Å²) in [7, 11) is 0. The van der Waals surface area contributed by atoms with E-state index < -0.39 is 249 Å². The number of hydrogen-bond donors (Lipinski definition) is 22. The number of nitrogens with two attached hydrogens (primary N) is 1. The lowest BCUT2D eigenvalue weighted by Crippen LogP contribution is -2.63. The Balaban J connectivity index is 0.000000434. The molecule has 0 aromatic carbocycles. The number of nitrogens with one attached hydrogen (secondary N) is 1. The number of aldehydes is 1. The van der Waals surface area contributed by atoms with Crippen molar-refractivity contribution in [3.8, 4) is 0 Å². The molecule has 89 heavy (non-hydrogen) atoms. The third kappa shape index (κ3) is 21.0. The van der Waals surface area contributed by atoms with Crippen LogP contribution in [-0.2, 0) is 80.7 Å². The normalized spacial score (nSPS) is 41.0. The predicted molar refractivity (Wildman–Crippen MR) is 281 cm³/mol. The Labute approximate surface area is 507 Å². The smallest absolute Gasteiger partial charge is 0.295 e. The van der Waals surface area contributed by atoms with E-state index in [9.17, 15) is 117 Å². The molecule has 0 aromatic heterocycles. The number of aliphatic hydroxyl groups excluding tert-OH is 20. The minimum Gasteiger partial charge on any atom is -0.437 e. The Hall–Kier alpha value is -3.43. The van der Waals surface area contributed by atoms with Crippen molar-refractivity contribution in [3.63, 3.8) is 0 Å². The Morgan fingerprint density at radius 2 is 0.865 bits per heavy atom. The van der Waals surface area contributed by atoms with Gasteiger partial charge in [-0.15, -0.1) is 6.58 Å². The zero-order valence-electron chi connectivity index (χ0n) is 46.8. The van der Waals surface area contributed by atoms with Crippen molar-refractivity contribution in [2.24, 2.45) is 17.6 Å². The monoisotopic (exact) mass is 1310 g/mol. The van der Waals surface area contributed by atoms with E-state index in [-0.39, 0.29) is 33.2 Å². The minimum absolute atomic E-state index is 0. The summed E-state index contributed by atoms with van der Waals surface area (Å²) in [5.41, 5.74) is 4.91. The second-order valence-electron chi connectivity index (χ2n) is 20.3. The van der Waals surface area contributed by atoms with Crippen LogP contribution in [0.5, 0.6) is 0 Å². The van der Waals surface area contributed by atoms with E-state index in [1.165, 1.54) is 6.20 Å². The molecule has 6 saturated heterocycles. The van der Waals surface area contributed by atoms with E-state index >= 15 is 0 Å². The van der Waals surface area contributed by atoms with Crippen LogP contribution in [0, 0.1) is 11.8 Å². The van der Waals surface area contributed by atoms with Crippen LogP contribution in [0.25, 0.3) is 0 Å². The van der Waals surface area contributed by atoms with Crippen molar-refractivity contribution in [3.05, 3.63) is 25.4 Å². The summed E-state index contributed by atoms with van der Waals surface area (Å²) in [5.74, 6) is -2.49. The van der Waals surface area contributed by atoms with Gasteiger partial charge in [0.2, 0.25) is 12.6 Å². The molecule has 6 aliphatic heterocycles. The number of rotatable bonds is 29. The standard InChI is InChI=1S/C24H41NO18.C22H36O19.C3H7N.CH4/c1-2-25-3-10(29)15(32)12(5-27)40-22-19(36)17(34)13(7-38-22)41-24-20(16(33)11(30)6-37-24)42-23-18(35)14(31)9(4-26)21(43-23)39-8-28;23-1-7-12(29)16(33)21(41-19(7)37-6-26)40-18-14(31)9(28)4-35-22(18)39-11-5-36-20(17(34)15(11)32)38-10(3-25)13(30)8(27)2-24;1-2-3-4;/h2,8-27,29-36H,1,3-7H2;2,6-23,25,27-34H,1,3-5H2;2H,1,3-4H2;1H4/t9-,10?,11+,12?,13+,14-,15?,16?,17-,18?,19?,20?,21?,22-,23-,24-;7-,8?,9+,10?,11+,12-,13?,14?,15-,16?,17?,18?,19?,20-,21-,22-;;/m00../s1. The van der Waals surface area contributed by atoms with Gasteiger partial charge in [0.15, 0.2) is 44.0 Å². The first-order chi connectivity index (χ1) is 41.9. The molecule has 23 N–H and O–H groups in total. The molecule has 39 nitrogen and oxygen atoms in total. The van der Waals surface area contributed by atoms with Crippen molar-refractivity contribution in [1.82, 2.24) is 5.32 Å². The molecule has 6 heterocycles. The van der Waals surface area contributed by atoms with Crippen molar-refractivity contribution in [2.75, 3.05) is 65.9 Å². The molecule has 0 aliphatic carbocycles. The van der Waals surface area contributed by atoms with Gasteiger partial charge in [0.05, 0.1) is 83.0 Å². The van der Waals surface area contributed by atoms with Gasteiger partial charge < -0.3 is 184 Å². The van der Waals surface area contributed by atoms with Crippen molar-refractivity contribution in [2.45, 2.75) is 192 Å². The van der Waals surface area contributed by atoms with Crippen LogP contribution in [0.2, 0.25) is 0 Å². The first kappa shape index (κ1) is 79.8. The molecule has 0 bridgehead atoms. The van der Waals surface area contributed by atoms with E-state index in [1.807, 2.05) is 0 Å². The summed E-state index contributed by atoms with van der Waals surface area (Å²) in [6.07, 6.45) is -47.1. The lowest BCUT2D eigenvalue weighted by atomic mass is 9.94. The minimum atomic E-state index is -1.92. The largest absolute Gasteiger partial charge is 0.437 e. The summed E-state index contributed by atoms with van der Waals surface area (Å²) in [4.78, 5) is 32.4. The fourth-order valence-electron chi connectivity index (χ4n) is 9.17. The van der Waals surface area contributed by atoms with Gasteiger partial charge in [-0.2, -0.15) is 0 Å². The van der Waals surface area contributed by atoms with E-state index in [2.05, 4.69) is 23.2 Å². The SMILES string of the molecule is C.C=CCN.C=CNCC(O)C(O)C(CO)O[C@@H]1OC[C@@H](O[C@@H]2OC[C@@H](O)C(O)C2O[C@H]2OC(OC=O)[C@@H](CO)[C@H](O)C2O)[C@H](O)C1O.O=COC1O[C@H](OC2C(O)[C@H](O)CO[C@H]2O[C@@H]2CO[C@@H](OC(CO)C(O)C(O)C=O)C(O)[C@H]2O)C(O)[C@@H](O)[C@@H]1CO. The van der Waals surface area contributed by atoms with Crippen LogP contribution < -0.4 is 11.1 Å². The van der Waals surface area contributed by atoms with Crippen LogP contribution in [0.1, 0.15) is 7.43 Å². The van der Waals surface area contributed by atoms with Gasteiger partial charge in [-0.3, -0.25) is 9.59 Å². The van der Waals surface area contributed by atoms with Gasteiger partial charge in [0, 0.05) is 13.1 Å². The summed E-state index contributed by atoms with van der Waals surface area (Å²) in [6, 6.07) is 0. The molecule has 0 spiro atoms. The molecule has 6 rings (SSSR count). The van der Waals surface area contributed by atoms with Crippen molar-refractivity contribution in [1.29, 1.82) is 0 Å². The Morgan fingerprint density at radius 3 is 1.20 bits per heavy atom. The average Bonchev–Trinajstić information content (AvgIpc) is 2.09. The van der Waals surface area contributed by atoms with E-state index in [1.54, 1.807) is 6.08 Å². The Bertz CT molecular complexity index is 2020. The van der Waals surface area contributed by atoms with Gasteiger partial charge >= 0.3 is 0 Å². The molecular weight excluding hydrogens is 1220 g/mol. The Morgan fingerprint density at radius 1 is 0.494 bits per heavy atom. The molecular formula is C50H88N2O37. The summed E-state index contributed by atoms with van der Waals surface area (Å²) < 4.78 is 74.6. The second kappa shape index (κ2) is 39.3. The molecule has 0 aromatic rings. The number of carbonyl (C=O) groups excluding carboxylic acids is 3. The van der Waals surface area contributed by atoms with Crippen LogP contribution >= 0.6 is 0 Å². The molecule has 32 atom stereocenters. The highest BCUT2D eigenvalue weighted by atomic mass is 16.8. The maximum atomic E-state index is 10.9. The lowest BCUT2D eigenvalue weighted by Gasteiger charge is -2.46. The van der Waals surface area contributed by atoms with Crippen LogP contribution in [0.4, 0.5) is 0 Å². The number of ether oxygens (including phenoxy) is 14. The molecule has 39 heteroatoms. The third-order valence-electron chi connectivity index (χ3n) is 14.4. The molecule has 6 fully saturated rings. The average molecular weight is 1310 g/mol. The molecule has 16 unspecified atom stereocenters. The van der Waals surface area contributed by atoms with Gasteiger partial charge in [0.1, 0.15) is 116 Å². The molecule has 520 valence electrons. The lowest BCUT2D eigenvalue weighted by molar-refractivity contribution is -0.384. The topological polar surface area (TPSA) is 623 Å². The Kier molecular flexibility index (Phi) is 35.3. The zero-order valence-corrected chi connectivity index (χ0v) is 46.8. The zero-order chi connectivity index (χ0) is 65.7. The highest BCUT2D eigenvalue weighted by molar-refractivity contribution is 5.56. The number of carbonyl (C=O) groups is 3. The van der Waals surface area contributed by atoms with Crippen LogP contribution in [0.3, 0.4) is 0 Å². The second-order valence-corrected chi connectivity index (χ2v) is 20.3. The maximum absolute atomic E-state index is 10.9. The van der Waals surface area contributed by atoms with E-state index in [0.29, 0.717) is 6.54 Å². The molecule has 6 aliphatic rings. The third-order valence-corrected chi connectivity index (χ3v) is 14.4. The summed E-state index contributed by atoms with van der Waals surface area (Å²) >= 11 is 0. The highest BCUT2D eigenvalue weighted by Gasteiger charge is 2.54.